The molecule has 0 aromatic heterocycles. The van der Waals surface area contributed by atoms with E-state index in [2.05, 4.69) is 18.7 Å². The molecule has 0 unspecified atom stereocenters. The van der Waals surface area contributed by atoms with Crippen LogP contribution in [-0.4, -0.2) is 20.5 Å². The van der Waals surface area contributed by atoms with E-state index >= 15 is 0 Å². The molecule has 1 heterocycles. The molecule has 0 fully saturated rings. The lowest BCUT2D eigenvalue weighted by atomic mass is 9.64. The number of nitro benzene ring substituents is 1. The van der Waals surface area contributed by atoms with Gasteiger partial charge in [-0.3, -0.25) is 14.4 Å². The van der Waals surface area contributed by atoms with E-state index in [4.69, 9.17) is 4.74 Å². The molecule has 0 N–H and O–H groups in total. The molecule has 1 aliphatic rings. The Morgan fingerprint density at radius 2 is 1.70 bits per heavy atom. The molecule has 0 saturated heterocycles. The van der Waals surface area contributed by atoms with Gasteiger partial charge in [-0.05, 0) is 48.4 Å². The van der Waals surface area contributed by atoms with Crippen LogP contribution in [0.5, 0.6) is 5.75 Å². The van der Waals surface area contributed by atoms with Crippen molar-refractivity contribution < 1.29 is 18.1 Å². The van der Waals surface area contributed by atoms with Crippen LogP contribution in [0.4, 0.5) is 11.4 Å². The summed E-state index contributed by atoms with van der Waals surface area (Å²) in [7, 11) is -2.91. The van der Waals surface area contributed by atoms with Crippen LogP contribution >= 0.6 is 0 Å². The molecule has 0 aliphatic carbocycles. The number of nitrogens with zero attached hydrogens (tertiary/aromatic N) is 4. The molecule has 37 heavy (non-hydrogen) atoms. The first kappa shape index (κ1) is 25.4. The zero-order valence-electron chi connectivity index (χ0n) is 20.0. The zero-order chi connectivity index (χ0) is 27.0. The van der Waals surface area contributed by atoms with Crippen LogP contribution in [-0.2, 0) is 10.0 Å². The molecule has 3 aromatic rings. The normalized spacial score (nSPS) is 18.1. The molecule has 3 aromatic carbocycles. The van der Waals surface area contributed by atoms with Crippen molar-refractivity contribution in [3.05, 3.63) is 106 Å². The number of rotatable bonds is 6. The summed E-state index contributed by atoms with van der Waals surface area (Å²) in [6.07, 6.45) is 1.45. The number of allylic oxidation sites excluding steroid dienone is 1. The quantitative estimate of drug-likeness (QED) is 0.251. The topological polar surface area (TPSA) is 137 Å². The predicted octanol–water partition coefficient (Wildman–Crippen LogP) is 5.17. The standard InChI is InChI=1S/C27H22N4O5S/c1-4-24-23-14-11-21(36-3)15-25(23)30(37(34,35)22-12-5-18(2)6-13-22)26(27(24,16-28)17-29)19-7-9-20(10-8-19)31(32)33/h4-15,24,26H,1H2,2-3H3/t24-,26-/m1/s1. The lowest BCUT2D eigenvalue weighted by Crippen LogP contribution is -2.50. The van der Waals surface area contributed by atoms with Gasteiger partial charge in [0, 0.05) is 24.1 Å². The van der Waals surface area contributed by atoms with Crippen molar-refractivity contribution in [2.75, 3.05) is 11.4 Å². The van der Waals surface area contributed by atoms with E-state index in [0.717, 1.165) is 9.87 Å². The van der Waals surface area contributed by atoms with Crippen LogP contribution in [0.15, 0.2) is 84.3 Å². The van der Waals surface area contributed by atoms with Crippen LogP contribution in [0.3, 0.4) is 0 Å². The highest BCUT2D eigenvalue weighted by molar-refractivity contribution is 7.92. The van der Waals surface area contributed by atoms with Gasteiger partial charge >= 0.3 is 0 Å². The Balaban J connectivity index is 2.13. The van der Waals surface area contributed by atoms with Gasteiger partial charge in [0.25, 0.3) is 15.7 Å². The first-order valence-corrected chi connectivity index (χ1v) is 12.6. The Morgan fingerprint density at radius 1 is 1.08 bits per heavy atom. The fourth-order valence-electron chi connectivity index (χ4n) is 4.71. The minimum atomic E-state index is -4.36. The van der Waals surface area contributed by atoms with E-state index in [-0.39, 0.29) is 21.8 Å². The molecule has 2 atom stereocenters. The fourth-order valence-corrected chi connectivity index (χ4v) is 6.40. The minimum Gasteiger partial charge on any atom is -0.497 e. The van der Waals surface area contributed by atoms with Gasteiger partial charge in [-0.15, -0.1) is 6.58 Å². The van der Waals surface area contributed by atoms with Gasteiger partial charge < -0.3 is 4.74 Å². The van der Waals surface area contributed by atoms with E-state index in [1.807, 2.05) is 6.92 Å². The van der Waals surface area contributed by atoms with Crippen molar-refractivity contribution in [1.29, 1.82) is 10.5 Å². The highest BCUT2D eigenvalue weighted by Crippen LogP contribution is 2.58. The van der Waals surface area contributed by atoms with Crippen LogP contribution in [0.2, 0.25) is 0 Å². The van der Waals surface area contributed by atoms with Crippen molar-refractivity contribution in [1.82, 2.24) is 0 Å². The van der Waals surface area contributed by atoms with Crippen molar-refractivity contribution in [2.24, 2.45) is 5.41 Å². The molecule has 4 rings (SSSR count). The second-order valence-corrected chi connectivity index (χ2v) is 10.4. The third kappa shape index (κ3) is 3.98. The number of benzene rings is 3. The number of non-ortho nitro benzene ring substituents is 1. The lowest BCUT2D eigenvalue weighted by Gasteiger charge is -2.47. The smallest absolute Gasteiger partial charge is 0.269 e. The van der Waals surface area contributed by atoms with Gasteiger partial charge in [-0.2, -0.15) is 10.5 Å². The van der Waals surface area contributed by atoms with Crippen LogP contribution in [0.25, 0.3) is 0 Å². The first-order valence-electron chi connectivity index (χ1n) is 11.1. The van der Waals surface area contributed by atoms with E-state index in [1.165, 1.54) is 55.7 Å². The molecule has 186 valence electrons. The van der Waals surface area contributed by atoms with Gasteiger partial charge in [0.15, 0.2) is 5.41 Å². The second-order valence-electron chi connectivity index (χ2n) is 8.60. The maximum atomic E-state index is 14.3. The Bertz CT molecular complexity index is 1550. The highest BCUT2D eigenvalue weighted by atomic mass is 32.2. The molecule has 0 spiro atoms. The van der Waals surface area contributed by atoms with Crippen LogP contribution < -0.4 is 9.04 Å². The summed E-state index contributed by atoms with van der Waals surface area (Å²) in [5.74, 6) is -0.511. The Labute approximate surface area is 214 Å². The third-order valence-corrected chi connectivity index (χ3v) is 8.36. The minimum absolute atomic E-state index is 0.0411. The van der Waals surface area contributed by atoms with E-state index in [0.29, 0.717) is 11.3 Å². The number of hydrogen-bond donors (Lipinski definition) is 0. The summed E-state index contributed by atoms with van der Waals surface area (Å²) in [5, 5.41) is 32.2. The molecular weight excluding hydrogens is 492 g/mol. The maximum Gasteiger partial charge on any atom is 0.269 e. The number of methoxy groups -OCH3 is 1. The lowest BCUT2D eigenvalue weighted by molar-refractivity contribution is -0.384. The molecule has 0 radical (unpaired) electrons. The van der Waals surface area contributed by atoms with Crippen LogP contribution in [0.1, 0.15) is 28.7 Å². The number of aryl methyl sites for hydroxylation is 1. The molecule has 1 aliphatic heterocycles. The average Bonchev–Trinajstić information content (AvgIpc) is 2.91. The number of ether oxygens (including phenoxy) is 1. The molecule has 0 bridgehead atoms. The maximum absolute atomic E-state index is 14.3. The number of sulfonamides is 1. The summed E-state index contributed by atoms with van der Waals surface area (Å²) in [4.78, 5) is 10.6. The SMILES string of the molecule is C=C[C@@H]1c2ccc(OC)cc2N(S(=O)(=O)c2ccc(C)cc2)[C@H](c2ccc([N+](=O)[O-])cc2)C1(C#N)C#N. The third-order valence-electron chi connectivity index (χ3n) is 6.57. The molecule has 0 amide bonds. The first-order chi connectivity index (χ1) is 17.6. The van der Waals surface area contributed by atoms with Crippen molar-refractivity contribution in [3.8, 4) is 17.9 Å². The van der Waals surface area contributed by atoms with Crippen molar-refractivity contribution in [2.45, 2.75) is 23.8 Å². The van der Waals surface area contributed by atoms with E-state index in [9.17, 15) is 29.1 Å². The second kappa shape index (κ2) is 9.41. The van der Waals surface area contributed by atoms with E-state index < -0.39 is 32.3 Å². The van der Waals surface area contributed by atoms with Gasteiger partial charge in [0.05, 0.1) is 34.8 Å². The van der Waals surface area contributed by atoms with Gasteiger partial charge in [0.1, 0.15) is 11.8 Å². The van der Waals surface area contributed by atoms with Crippen LogP contribution in [0, 0.1) is 45.1 Å². The summed E-state index contributed by atoms with van der Waals surface area (Å²) in [6.45, 7) is 5.67. The number of nitro groups is 1. The highest BCUT2D eigenvalue weighted by Gasteiger charge is 2.57. The van der Waals surface area contributed by atoms with Gasteiger partial charge in [-0.25, -0.2) is 8.42 Å². The molecule has 10 heteroatoms. The fraction of sp³-hybridized carbons (Fsp3) is 0.185. The Hall–Kier alpha value is -4.67. The summed E-state index contributed by atoms with van der Waals surface area (Å²) < 4.78 is 35.0. The number of fused-ring (bicyclic) bond motifs is 1. The average molecular weight is 515 g/mol. The summed E-state index contributed by atoms with van der Waals surface area (Å²) in [6, 6.07) is 19.0. The van der Waals surface area contributed by atoms with Crippen molar-refractivity contribution >= 4 is 21.4 Å². The number of anilines is 1. The predicted molar refractivity (Wildman–Crippen MR) is 136 cm³/mol. The molecular formula is C27H22N4O5S. The summed E-state index contributed by atoms with van der Waals surface area (Å²) in [5.41, 5.74) is -0.445. The number of hydrogen-bond acceptors (Lipinski definition) is 7. The largest absolute Gasteiger partial charge is 0.497 e. The Morgan fingerprint density at radius 3 is 2.22 bits per heavy atom. The zero-order valence-corrected chi connectivity index (χ0v) is 20.8. The van der Waals surface area contributed by atoms with Gasteiger partial charge in [-0.1, -0.05) is 29.8 Å². The van der Waals surface area contributed by atoms with Crippen molar-refractivity contribution in [3.63, 3.8) is 0 Å². The Kier molecular flexibility index (Phi) is 6.47. The number of nitriles is 2. The molecule has 9 nitrogen and oxygen atoms in total. The summed E-state index contributed by atoms with van der Waals surface area (Å²) >= 11 is 0. The molecule has 0 saturated carbocycles. The monoisotopic (exact) mass is 514 g/mol. The van der Waals surface area contributed by atoms with Gasteiger partial charge in [0.2, 0.25) is 0 Å². The van der Waals surface area contributed by atoms with E-state index in [1.54, 1.807) is 24.3 Å².